The van der Waals surface area contributed by atoms with Gasteiger partial charge in [-0.25, -0.2) is 0 Å². The molecule has 2 fully saturated rings. The topological polar surface area (TPSA) is 27.3 Å². The first-order chi connectivity index (χ1) is 9.81. The number of nitrogens with zero attached hydrogens (tertiary/aromatic N) is 1. The molecule has 1 aliphatic heterocycles. The summed E-state index contributed by atoms with van der Waals surface area (Å²) in [6, 6.07) is 9.26. The molecule has 1 saturated carbocycles. The van der Waals surface area contributed by atoms with E-state index < -0.39 is 0 Å². The monoisotopic (exact) mass is 289 g/mol. The fourth-order valence-electron chi connectivity index (χ4n) is 2.66. The molecule has 4 heteroatoms. The Bertz CT molecular complexity index is 445. The normalized spacial score (nSPS) is 19.3. The van der Waals surface area contributed by atoms with Gasteiger partial charge in [0, 0.05) is 30.5 Å². The van der Waals surface area contributed by atoms with Gasteiger partial charge >= 0.3 is 0 Å². The van der Waals surface area contributed by atoms with E-state index in [0.717, 1.165) is 10.8 Å². The van der Waals surface area contributed by atoms with Gasteiger partial charge in [0.05, 0.1) is 0 Å². The highest BCUT2D eigenvalue weighted by atomic mass is 32.1. The lowest BCUT2D eigenvalue weighted by Gasteiger charge is -2.23. The Morgan fingerprint density at radius 1 is 1.00 bits per heavy atom. The van der Waals surface area contributed by atoms with Crippen LogP contribution in [-0.4, -0.2) is 24.2 Å². The molecule has 3 nitrogen and oxygen atoms in total. The minimum absolute atomic E-state index is 0.603. The van der Waals surface area contributed by atoms with E-state index in [2.05, 4.69) is 39.8 Å². The van der Waals surface area contributed by atoms with Crippen molar-refractivity contribution in [2.24, 2.45) is 0 Å². The molecule has 3 rings (SSSR count). The SMILES string of the molecule is S=C(Nc1ccc(N2CCCCCC2)cc1)NC1CC1. The lowest BCUT2D eigenvalue weighted by molar-refractivity contribution is 0.726. The van der Waals surface area contributed by atoms with E-state index in [1.165, 1.54) is 57.3 Å². The molecule has 0 amide bonds. The summed E-state index contributed by atoms with van der Waals surface area (Å²) in [5.74, 6) is 0. The highest BCUT2D eigenvalue weighted by Gasteiger charge is 2.21. The fraction of sp³-hybridized carbons (Fsp3) is 0.562. The minimum Gasteiger partial charge on any atom is -0.372 e. The molecular formula is C16H23N3S. The van der Waals surface area contributed by atoms with Gasteiger partial charge in [-0.2, -0.15) is 0 Å². The van der Waals surface area contributed by atoms with Crippen LogP contribution in [0.2, 0.25) is 0 Å². The maximum atomic E-state index is 5.30. The highest BCUT2D eigenvalue weighted by Crippen LogP contribution is 2.22. The smallest absolute Gasteiger partial charge is 0.170 e. The Hall–Kier alpha value is -1.29. The van der Waals surface area contributed by atoms with E-state index in [1.807, 2.05) is 0 Å². The first kappa shape index (κ1) is 13.7. The zero-order valence-electron chi connectivity index (χ0n) is 11.9. The summed E-state index contributed by atoms with van der Waals surface area (Å²) in [5.41, 5.74) is 2.40. The van der Waals surface area contributed by atoms with Gasteiger partial charge in [0.2, 0.25) is 0 Å². The molecule has 0 spiro atoms. The molecule has 108 valence electrons. The number of anilines is 2. The van der Waals surface area contributed by atoms with Gasteiger partial charge in [0.15, 0.2) is 5.11 Å². The molecule has 0 unspecified atom stereocenters. The number of rotatable bonds is 3. The van der Waals surface area contributed by atoms with Crippen molar-refractivity contribution in [3.63, 3.8) is 0 Å². The summed E-state index contributed by atoms with van der Waals surface area (Å²) >= 11 is 5.30. The number of hydrogen-bond acceptors (Lipinski definition) is 2. The second-order valence-electron chi connectivity index (χ2n) is 5.82. The molecule has 2 aliphatic rings. The van der Waals surface area contributed by atoms with E-state index in [-0.39, 0.29) is 0 Å². The molecule has 0 bridgehead atoms. The van der Waals surface area contributed by atoms with Crippen LogP contribution in [0.4, 0.5) is 11.4 Å². The van der Waals surface area contributed by atoms with Gasteiger partial charge in [-0.3, -0.25) is 0 Å². The molecule has 0 radical (unpaired) electrons. The lowest BCUT2D eigenvalue weighted by atomic mass is 10.2. The predicted molar refractivity (Wildman–Crippen MR) is 89.5 cm³/mol. The largest absolute Gasteiger partial charge is 0.372 e. The molecule has 1 aromatic rings. The van der Waals surface area contributed by atoms with Gasteiger partial charge < -0.3 is 15.5 Å². The molecule has 1 aliphatic carbocycles. The third-order valence-electron chi connectivity index (χ3n) is 4.01. The van der Waals surface area contributed by atoms with Gasteiger partial charge in [-0.15, -0.1) is 0 Å². The van der Waals surface area contributed by atoms with Crippen LogP contribution in [-0.2, 0) is 0 Å². The van der Waals surface area contributed by atoms with Gasteiger partial charge in [-0.1, -0.05) is 12.8 Å². The molecule has 0 aromatic heterocycles. The Morgan fingerprint density at radius 3 is 2.25 bits per heavy atom. The first-order valence-electron chi connectivity index (χ1n) is 7.74. The zero-order valence-corrected chi connectivity index (χ0v) is 12.7. The molecule has 1 aromatic carbocycles. The summed E-state index contributed by atoms with van der Waals surface area (Å²) in [7, 11) is 0. The second-order valence-corrected chi connectivity index (χ2v) is 6.23. The van der Waals surface area contributed by atoms with Crippen LogP contribution in [0.15, 0.2) is 24.3 Å². The van der Waals surface area contributed by atoms with E-state index in [9.17, 15) is 0 Å². The van der Waals surface area contributed by atoms with Gasteiger partial charge in [-0.05, 0) is 62.2 Å². The van der Waals surface area contributed by atoms with Crippen LogP contribution in [0.1, 0.15) is 38.5 Å². The van der Waals surface area contributed by atoms with E-state index >= 15 is 0 Å². The van der Waals surface area contributed by atoms with Crippen LogP contribution >= 0.6 is 12.2 Å². The Balaban J connectivity index is 1.56. The number of nitrogens with one attached hydrogen (secondary N) is 2. The predicted octanol–water partition coefficient (Wildman–Crippen LogP) is 3.52. The Morgan fingerprint density at radius 2 is 1.65 bits per heavy atom. The standard InChI is InChI=1S/C16H23N3S/c20-16(17-13-5-6-13)18-14-7-9-15(10-8-14)19-11-3-1-2-4-12-19/h7-10,13H,1-6,11-12H2,(H2,17,18,20). The van der Waals surface area contributed by atoms with Gasteiger partial charge in [0.25, 0.3) is 0 Å². The van der Waals surface area contributed by atoms with Crippen LogP contribution in [0, 0.1) is 0 Å². The maximum absolute atomic E-state index is 5.30. The van der Waals surface area contributed by atoms with Crippen LogP contribution < -0.4 is 15.5 Å². The lowest BCUT2D eigenvalue weighted by Crippen LogP contribution is -2.30. The maximum Gasteiger partial charge on any atom is 0.170 e. The van der Waals surface area contributed by atoms with Crippen molar-refractivity contribution in [2.75, 3.05) is 23.3 Å². The number of thiocarbonyl (C=S) groups is 1. The van der Waals surface area contributed by atoms with Crippen molar-refractivity contribution in [3.8, 4) is 0 Å². The Kier molecular flexibility index (Phi) is 4.41. The van der Waals surface area contributed by atoms with Crippen LogP contribution in [0.5, 0.6) is 0 Å². The highest BCUT2D eigenvalue weighted by molar-refractivity contribution is 7.80. The van der Waals surface area contributed by atoms with Crippen molar-refractivity contribution in [1.29, 1.82) is 0 Å². The average Bonchev–Trinajstić information content (AvgIpc) is 3.26. The van der Waals surface area contributed by atoms with Crippen molar-refractivity contribution in [2.45, 2.75) is 44.6 Å². The van der Waals surface area contributed by atoms with Crippen molar-refractivity contribution in [3.05, 3.63) is 24.3 Å². The summed E-state index contributed by atoms with van der Waals surface area (Å²) in [4.78, 5) is 2.50. The van der Waals surface area contributed by atoms with Crippen molar-refractivity contribution < 1.29 is 0 Å². The minimum atomic E-state index is 0.603. The summed E-state index contributed by atoms with van der Waals surface area (Å²) < 4.78 is 0. The van der Waals surface area contributed by atoms with Crippen LogP contribution in [0.3, 0.4) is 0 Å². The molecule has 1 saturated heterocycles. The van der Waals surface area contributed by atoms with Crippen molar-refractivity contribution >= 4 is 28.7 Å². The molecule has 1 heterocycles. The summed E-state index contributed by atoms with van der Waals surface area (Å²) in [5, 5.41) is 7.30. The first-order valence-corrected chi connectivity index (χ1v) is 8.14. The fourth-order valence-corrected chi connectivity index (χ4v) is 2.95. The Labute approximate surface area is 126 Å². The third kappa shape index (κ3) is 3.85. The van der Waals surface area contributed by atoms with Crippen molar-refractivity contribution in [1.82, 2.24) is 5.32 Å². The van der Waals surface area contributed by atoms with Gasteiger partial charge in [0.1, 0.15) is 0 Å². The molecular weight excluding hydrogens is 266 g/mol. The summed E-state index contributed by atoms with van der Waals surface area (Å²) in [6.45, 7) is 2.38. The number of hydrogen-bond donors (Lipinski definition) is 2. The quantitative estimate of drug-likeness (QED) is 0.833. The third-order valence-corrected chi connectivity index (χ3v) is 4.23. The van der Waals surface area contributed by atoms with Crippen LogP contribution in [0.25, 0.3) is 0 Å². The number of benzene rings is 1. The van der Waals surface area contributed by atoms with E-state index in [0.29, 0.717) is 6.04 Å². The zero-order chi connectivity index (χ0) is 13.8. The molecule has 0 atom stereocenters. The molecule has 20 heavy (non-hydrogen) atoms. The second kappa shape index (κ2) is 6.44. The van der Waals surface area contributed by atoms with E-state index in [4.69, 9.17) is 12.2 Å². The molecule has 2 N–H and O–H groups in total. The average molecular weight is 289 g/mol. The van der Waals surface area contributed by atoms with E-state index in [1.54, 1.807) is 0 Å². The summed E-state index contributed by atoms with van der Waals surface area (Å²) in [6.07, 6.45) is 7.87.